The molecule has 2 amide bonds. The highest BCUT2D eigenvalue weighted by molar-refractivity contribution is 5.97. The third kappa shape index (κ3) is 5.81. The number of amides is 2. The third-order valence-electron chi connectivity index (χ3n) is 4.59. The Morgan fingerprint density at radius 3 is 2.60 bits per heavy atom. The molecule has 1 aliphatic rings. The molecule has 1 aliphatic heterocycles. The molecule has 0 aliphatic carbocycles. The van der Waals surface area contributed by atoms with Crippen molar-refractivity contribution in [2.45, 2.75) is 6.92 Å². The van der Waals surface area contributed by atoms with Crippen molar-refractivity contribution in [2.75, 3.05) is 40.0 Å². The van der Waals surface area contributed by atoms with E-state index < -0.39 is 0 Å². The van der Waals surface area contributed by atoms with E-state index in [9.17, 15) is 9.59 Å². The summed E-state index contributed by atoms with van der Waals surface area (Å²) in [6.45, 7) is 4.23. The van der Waals surface area contributed by atoms with Gasteiger partial charge in [-0.1, -0.05) is 6.07 Å². The smallest absolute Gasteiger partial charge is 0.275 e. The molecular weight excluding hydrogens is 386 g/mol. The van der Waals surface area contributed by atoms with E-state index in [-0.39, 0.29) is 18.4 Å². The highest BCUT2D eigenvalue weighted by Crippen LogP contribution is 2.19. The van der Waals surface area contributed by atoms with Gasteiger partial charge in [0.25, 0.3) is 11.8 Å². The first-order valence-electron chi connectivity index (χ1n) is 9.63. The number of ether oxygens (including phenoxy) is 3. The van der Waals surface area contributed by atoms with E-state index in [1.165, 1.54) is 13.3 Å². The number of hydrazone groups is 1. The molecule has 0 radical (unpaired) electrons. The second-order valence-electron chi connectivity index (χ2n) is 6.75. The highest BCUT2D eigenvalue weighted by Gasteiger charge is 2.17. The van der Waals surface area contributed by atoms with Gasteiger partial charge in [-0.2, -0.15) is 5.10 Å². The molecule has 0 saturated carbocycles. The van der Waals surface area contributed by atoms with Gasteiger partial charge in [-0.25, -0.2) is 5.43 Å². The van der Waals surface area contributed by atoms with Crippen molar-refractivity contribution in [3.05, 3.63) is 59.2 Å². The minimum Gasteiger partial charge on any atom is -0.496 e. The van der Waals surface area contributed by atoms with Crippen LogP contribution in [0.5, 0.6) is 11.5 Å². The molecule has 8 heteroatoms. The fraction of sp³-hybridized carbons (Fsp3) is 0.318. The summed E-state index contributed by atoms with van der Waals surface area (Å²) >= 11 is 0. The summed E-state index contributed by atoms with van der Waals surface area (Å²) in [4.78, 5) is 26.1. The van der Waals surface area contributed by atoms with Gasteiger partial charge >= 0.3 is 0 Å². The first-order valence-corrected chi connectivity index (χ1v) is 9.63. The van der Waals surface area contributed by atoms with Gasteiger partial charge in [0.1, 0.15) is 11.5 Å². The summed E-state index contributed by atoms with van der Waals surface area (Å²) in [5.41, 5.74) is 4.68. The van der Waals surface area contributed by atoms with Gasteiger partial charge in [0.15, 0.2) is 6.61 Å². The number of benzene rings is 2. The highest BCUT2D eigenvalue weighted by atomic mass is 16.5. The number of carbonyl (C=O) groups is 2. The molecule has 1 heterocycles. The molecule has 3 rings (SSSR count). The summed E-state index contributed by atoms with van der Waals surface area (Å²) in [6, 6.07) is 12.4. The molecule has 158 valence electrons. The Labute approximate surface area is 175 Å². The van der Waals surface area contributed by atoms with Crippen molar-refractivity contribution in [3.63, 3.8) is 0 Å². The molecule has 30 heavy (non-hydrogen) atoms. The van der Waals surface area contributed by atoms with E-state index in [2.05, 4.69) is 10.5 Å². The van der Waals surface area contributed by atoms with Crippen LogP contribution in [0.3, 0.4) is 0 Å². The lowest BCUT2D eigenvalue weighted by Crippen LogP contribution is -2.42. The van der Waals surface area contributed by atoms with Crippen LogP contribution in [0.2, 0.25) is 0 Å². The van der Waals surface area contributed by atoms with Crippen molar-refractivity contribution in [3.8, 4) is 11.5 Å². The Bertz CT molecular complexity index is 905. The summed E-state index contributed by atoms with van der Waals surface area (Å²) < 4.78 is 16.0. The Morgan fingerprint density at radius 1 is 1.17 bits per heavy atom. The van der Waals surface area contributed by atoms with Gasteiger partial charge in [0, 0.05) is 13.1 Å². The second kappa shape index (κ2) is 10.4. The predicted octanol–water partition coefficient (Wildman–Crippen LogP) is 2.01. The van der Waals surface area contributed by atoms with Crippen LogP contribution in [0.4, 0.5) is 0 Å². The van der Waals surface area contributed by atoms with Crippen molar-refractivity contribution in [2.24, 2.45) is 5.10 Å². The van der Waals surface area contributed by atoms with Crippen LogP contribution in [0.25, 0.3) is 0 Å². The van der Waals surface area contributed by atoms with Crippen molar-refractivity contribution < 1.29 is 23.8 Å². The molecule has 0 atom stereocenters. The molecule has 1 fully saturated rings. The van der Waals surface area contributed by atoms with Gasteiger partial charge in [-0.05, 0) is 54.4 Å². The van der Waals surface area contributed by atoms with Crippen LogP contribution >= 0.6 is 0 Å². The van der Waals surface area contributed by atoms with Crippen LogP contribution < -0.4 is 14.9 Å². The number of aryl methyl sites for hydroxylation is 1. The molecule has 0 bridgehead atoms. The van der Waals surface area contributed by atoms with Crippen molar-refractivity contribution in [1.29, 1.82) is 0 Å². The monoisotopic (exact) mass is 411 g/mol. The summed E-state index contributed by atoms with van der Waals surface area (Å²) in [6.07, 6.45) is 1.53. The van der Waals surface area contributed by atoms with Gasteiger partial charge in [-0.3, -0.25) is 9.59 Å². The molecule has 0 spiro atoms. The van der Waals surface area contributed by atoms with Crippen molar-refractivity contribution in [1.82, 2.24) is 10.3 Å². The number of nitrogens with one attached hydrogen (secondary N) is 1. The Morgan fingerprint density at radius 2 is 1.90 bits per heavy atom. The lowest BCUT2D eigenvalue weighted by molar-refractivity contribution is -0.137. The number of hydrogen-bond donors (Lipinski definition) is 1. The molecule has 2 aromatic rings. The number of carbonyl (C=O) groups excluding carboxylic acids is 2. The number of nitrogens with zero attached hydrogens (tertiary/aromatic N) is 2. The molecule has 2 aromatic carbocycles. The molecule has 0 unspecified atom stereocenters. The number of methoxy groups -OCH3 is 1. The zero-order valence-corrected chi connectivity index (χ0v) is 17.1. The van der Waals surface area contributed by atoms with Crippen LogP contribution in [0, 0.1) is 6.92 Å². The lowest BCUT2D eigenvalue weighted by Gasteiger charge is -2.26. The lowest BCUT2D eigenvalue weighted by atomic mass is 10.1. The van der Waals surface area contributed by atoms with E-state index in [1.807, 2.05) is 13.0 Å². The average Bonchev–Trinajstić information content (AvgIpc) is 2.78. The number of rotatable bonds is 7. The zero-order valence-electron chi connectivity index (χ0n) is 17.1. The standard InChI is InChI=1S/C22H25N3O5/c1-16-3-8-19(20(13-16)28-2)22(27)24-23-14-17-4-6-18(7-5-17)30-15-21(26)25-9-11-29-12-10-25/h3-8,13-14H,9-12,15H2,1-2H3,(H,24,27)/b23-14-. The minimum absolute atomic E-state index is 0.0120. The van der Waals surface area contributed by atoms with E-state index >= 15 is 0 Å². The van der Waals surface area contributed by atoms with Gasteiger partial charge < -0.3 is 19.1 Å². The molecule has 0 aromatic heterocycles. The average molecular weight is 411 g/mol. The first kappa shape index (κ1) is 21.3. The van der Waals surface area contributed by atoms with Gasteiger partial charge in [0.2, 0.25) is 0 Å². The quantitative estimate of drug-likeness (QED) is 0.556. The largest absolute Gasteiger partial charge is 0.496 e. The molecule has 1 saturated heterocycles. The van der Waals surface area contributed by atoms with Gasteiger partial charge in [-0.15, -0.1) is 0 Å². The Balaban J connectivity index is 1.49. The fourth-order valence-corrected chi connectivity index (χ4v) is 2.91. The van der Waals surface area contributed by atoms with Crippen LogP contribution in [0.1, 0.15) is 21.5 Å². The van der Waals surface area contributed by atoms with Crippen molar-refractivity contribution >= 4 is 18.0 Å². The maximum absolute atomic E-state index is 12.3. The van der Waals surface area contributed by atoms with E-state index in [4.69, 9.17) is 14.2 Å². The van der Waals surface area contributed by atoms with E-state index in [1.54, 1.807) is 41.3 Å². The van der Waals surface area contributed by atoms with Crippen LogP contribution in [0.15, 0.2) is 47.6 Å². The molecule has 8 nitrogen and oxygen atoms in total. The summed E-state index contributed by atoms with van der Waals surface area (Å²) in [7, 11) is 1.52. The first-order chi connectivity index (χ1) is 14.6. The number of hydrogen-bond acceptors (Lipinski definition) is 6. The topological polar surface area (TPSA) is 89.5 Å². The maximum Gasteiger partial charge on any atom is 0.275 e. The van der Waals surface area contributed by atoms with Crippen LogP contribution in [-0.2, 0) is 9.53 Å². The minimum atomic E-state index is -0.357. The summed E-state index contributed by atoms with van der Waals surface area (Å²) in [5.74, 6) is 0.667. The maximum atomic E-state index is 12.3. The van der Waals surface area contributed by atoms with Gasteiger partial charge in [0.05, 0.1) is 32.1 Å². The third-order valence-corrected chi connectivity index (χ3v) is 4.59. The second-order valence-corrected chi connectivity index (χ2v) is 6.75. The Hall–Kier alpha value is -3.39. The zero-order chi connectivity index (χ0) is 21.3. The SMILES string of the molecule is COc1cc(C)ccc1C(=O)N/N=C\c1ccc(OCC(=O)N2CCOCC2)cc1. The van der Waals surface area contributed by atoms with Crippen LogP contribution in [-0.4, -0.2) is 62.9 Å². The normalized spacial score (nSPS) is 13.9. The predicted molar refractivity (Wildman–Crippen MR) is 112 cm³/mol. The summed E-state index contributed by atoms with van der Waals surface area (Å²) in [5, 5.41) is 3.99. The fourth-order valence-electron chi connectivity index (χ4n) is 2.91. The molecular formula is C22H25N3O5. The van der Waals surface area contributed by atoms with E-state index in [0.717, 1.165) is 11.1 Å². The Kier molecular flexibility index (Phi) is 7.40. The number of morpholine rings is 1. The van der Waals surface area contributed by atoms with E-state index in [0.29, 0.717) is 43.4 Å². The molecule has 1 N–H and O–H groups in total.